The molecule has 1 saturated heterocycles. The molecular weight excluding hydrogens is 292 g/mol. The van der Waals surface area contributed by atoms with E-state index in [1.165, 1.54) is 4.90 Å². The maximum atomic E-state index is 12.0. The number of carbonyl (C=O) groups is 2. The molecule has 6 nitrogen and oxygen atoms in total. The van der Waals surface area contributed by atoms with E-state index in [9.17, 15) is 9.59 Å². The molecule has 0 aromatic heterocycles. The van der Waals surface area contributed by atoms with Crippen LogP contribution in [0.5, 0.6) is 5.75 Å². The highest BCUT2D eigenvalue weighted by atomic mass is 32.2. The SMILES string of the molecule is CCN1C(=O)C[C@H](C(=O)O)SC1=Nc1ccc(OC)cc1. The van der Waals surface area contributed by atoms with Gasteiger partial charge in [-0.05, 0) is 31.2 Å². The van der Waals surface area contributed by atoms with Crippen LogP contribution in [-0.4, -0.2) is 46.0 Å². The number of hydrogen-bond acceptors (Lipinski definition) is 5. The van der Waals surface area contributed by atoms with Gasteiger partial charge in [0.1, 0.15) is 11.0 Å². The highest BCUT2D eigenvalue weighted by molar-refractivity contribution is 8.15. The van der Waals surface area contributed by atoms with E-state index in [2.05, 4.69) is 4.99 Å². The number of carboxylic acids is 1. The van der Waals surface area contributed by atoms with Crippen LogP contribution in [0.15, 0.2) is 29.3 Å². The first-order chi connectivity index (χ1) is 10.0. The summed E-state index contributed by atoms with van der Waals surface area (Å²) in [6.45, 7) is 2.30. The largest absolute Gasteiger partial charge is 0.497 e. The highest BCUT2D eigenvalue weighted by Gasteiger charge is 2.34. The van der Waals surface area contributed by atoms with Crippen molar-refractivity contribution in [2.24, 2.45) is 4.99 Å². The number of methoxy groups -OCH3 is 1. The number of rotatable bonds is 4. The summed E-state index contributed by atoms with van der Waals surface area (Å²) >= 11 is 1.11. The molecule has 1 aromatic rings. The van der Waals surface area contributed by atoms with Gasteiger partial charge in [0, 0.05) is 6.54 Å². The Morgan fingerprint density at radius 3 is 2.67 bits per heavy atom. The fourth-order valence-corrected chi connectivity index (χ4v) is 3.01. The smallest absolute Gasteiger partial charge is 0.317 e. The van der Waals surface area contributed by atoms with Gasteiger partial charge < -0.3 is 9.84 Å². The minimum Gasteiger partial charge on any atom is -0.497 e. The molecule has 2 rings (SSSR count). The van der Waals surface area contributed by atoms with Crippen molar-refractivity contribution in [3.05, 3.63) is 24.3 Å². The topological polar surface area (TPSA) is 79.2 Å². The van der Waals surface area contributed by atoms with Gasteiger partial charge >= 0.3 is 5.97 Å². The van der Waals surface area contributed by atoms with Crippen molar-refractivity contribution in [2.75, 3.05) is 13.7 Å². The number of aliphatic imine (C=N–C) groups is 1. The van der Waals surface area contributed by atoms with Crippen LogP contribution in [0.4, 0.5) is 5.69 Å². The molecule has 1 aliphatic rings. The van der Waals surface area contributed by atoms with Crippen molar-refractivity contribution in [1.82, 2.24) is 4.90 Å². The molecule has 1 fully saturated rings. The summed E-state index contributed by atoms with van der Waals surface area (Å²) in [5, 5.41) is 8.75. The lowest BCUT2D eigenvalue weighted by molar-refractivity contribution is -0.139. The van der Waals surface area contributed by atoms with E-state index in [0.717, 1.165) is 11.8 Å². The lowest BCUT2D eigenvalue weighted by atomic mass is 10.2. The first-order valence-electron chi connectivity index (χ1n) is 6.47. The van der Waals surface area contributed by atoms with Gasteiger partial charge in [-0.2, -0.15) is 0 Å². The molecule has 0 bridgehead atoms. The third-order valence-electron chi connectivity index (χ3n) is 3.03. The van der Waals surface area contributed by atoms with Gasteiger partial charge in [-0.1, -0.05) is 11.8 Å². The maximum Gasteiger partial charge on any atom is 0.317 e. The molecule has 21 heavy (non-hydrogen) atoms. The number of hydrogen-bond donors (Lipinski definition) is 1. The number of amides is 1. The van der Waals surface area contributed by atoms with E-state index in [0.29, 0.717) is 23.1 Å². The van der Waals surface area contributed by atoms with Crippen LogP contribution in [0.3, 0.4) is 0 Å². The Balaban J connectivity index is 2.29. The number of thioether (sulfide) groups is 1. The Morgan fingerprint density at radius 1 is 1.48 bits per heavy atom. The Labute approximate surface area is 126 Å². The van der Waals surface area contributed by atoms with Crippen molar-refractivity contribution in [1.29, 1.82) is 0 Å². The van der Waals surface area contributed by atoms with E-state index in [1.54, 1.807) is 31.4 Å². The zero-order valence-corrected chi connectivity index (χ0v) is 12.6. The molecular formula is C14H16N2O4S. The molecule has 0 unspecified atom stereocenters. The average Bonchev–Trinajstić information content (AvgIpc) is 2.47. The summed E-state index contributed by atoms with van der Waals surface area (Å²) in [6.07, 6.45) is -0.00449. The quantitative estimate of drug-likeness (QED) is 0.921. The molecule has 1 aliphatic heterocycles. The molecule has 0 saturated carbocycles. The van der Waals surface area contributed by atoms with E-state index in [4.69, 9.17) is 9.84 Å². The zero-order chi connectivity index (χ0) is 15.4. The first-order valence-corrected chi connectivity index (χ1v) is 7.35. The van der Waals surface area contributed by atoms with Gasteiger partial charge in [-0.15, -0.1) is 0 Å². The molecule has 7 heteroatoms. The van der Waals surface area contributed by atoms with Crippen molar-refractivity contribution in [3.8, 4) is 5.75 Å². The standard InChI is InChI=1S/C14H16N2O4S/c1-3-16-12(17)8-11(13(18)19)21-14(16)15-9-4-6-10(20-2)7-5-9/h4-7,11H,3,8H2,1-2H3,(H,18,19)/t11-/m1/s1. The minimum absolute atomic E-state index is 0.00449. The summed E-state index contributed by atoms with van der Waals surface area (Å²) in [6, 6.07) is 7.05. The van der Waals surface area contributed by atoms with Gasteiger partial charge in [-0.3, -0.25) is 14.5 Å². The molecule has 1 aromatic carbocycles. The van der Waals surface area contributed by atoms with Crippen molar-refractivity contribution in [3.63, 3.8) is 0 Å². The highest BCUT2D eigenvalue weighted by Crippen LogP contribution is 2.29. The Kier molecular flexibility index (Phi) is 4.85. The predicted molar refractivity (Wildman–Crippen MR) is 81.1 cm³/mol. The van der Waals surface area contributed by atoms with Crippen LogP contribution in [0.1, 0.15) is 13.3 Å². The van der Waals surface area contributed by atoms with E-state index in [-0.39, 0.29) is 12.3 Å². The molecule has 0 spiro atoms. The summed E-state index contributed by atoms with van der Waals surface area (Å²) in [5.74, 6) is -0.496. The number of nitrogens with zero attached hydrogens (tertiary/aromatic N) is 2. The third-order valence-corrected chi connectivity index (χ3v) is 4.20. The average molecular weight is 308 g/mol. The Bertz CT molecular complexity index is 571. The molecule has 1 atom stereocenters. The molecule has 0 radical (unpaired) electrons. The number of aliphatic carboxylic acids is 1. The lowest BCUT2D eigenvalue weighted by Gasteiger charge is -2.29. The maximum absolute atomic E-state index is 12.0. The summed E-state index contributed by atoms with van der Waals surface area (Å²) < 4.78 is 5.07. The predicted octanol–water partition coefficient (Wildman–Crippen LogP) is 2.12. The Hall–Kier alpha value is -2.02. The summed E-state index contributed by atoms with van der Waals surface area (Å²) in [7, 11) is 1.58. The van der Waals surface area contributed by atoms with E-state index in [1.807, 2.05) is 6.92 Å². The van der Waals surface area contributed by atoms with Gasteiger partial charge in [0.15, 0.2) is 5.17 Å². The number of carbonyl (C=O) groups excluding carboxylic acids is 1. The fraction of sp³-hybridized carbons (Fsp3) is 0.357. The van der Waals surface area contributed by atoms with Crippen molar-refractivity contribution >= 4 is 34.5 Å². The molecule has 1 amide bonds. The Morgan fingerprint density at radius 2 is 2.14 bits per heavy atom. The van der Waals surface area contributed by atoms with Crippen LogP contribution in [0, 0.1) is 0 Å². The van der Waals surface area contributed by atoms with Gasteiger partial charge in [0.2, 0.25) is 5.91 Å². The number of ether oxygens (including phenoxy) is 1. The normalized spacial score (nSPS) is 20.7. The second kappa shape index (κ2) is 6.62. The summed E-state index contributed by atoms with van der Waals surface area (Å²) in [5.41, 5.74) is 0.649. The number of carboxylic acid groups (broad SMARTS) is 1. The second-order valence-electron chi connectivity index (χ2n) is 4.38. The third kappa shape index (κ3) is 3.55. The van der Waals surface area contributed by atoms with Crippen LogP contribution in [0.25, 0.3) is 0 Å². The van der Waals surface area contributed by atoms with Crippen molar-refractivity contribution < 1.29 is 19.4 Å². The van der Waals surface area contributed by atoms with Crippen LogP contribution in [-0.2, 0) is 9.59 Å². The summed E-state index contributed by atoms with van der Waals surface area (Å²) in [4.78, 5) is 29.0. The van der Waals surface area contributed by atoms with Gasteiger partial charge in [-0.25, -0.2) is 4.99 Å². The molecule has 1 N–H and O–H groups in total. The zero-order valence-electron chi connectivity index (χ0n) is 11.8. The molecule has 1 heterocycles. The van der Waals surface area contributed by atoms with E-state index >= 15 is 0 Å². The first kappa shape index (κ1) is 15.4. The second-order valence-corrected chi connectivity index (χ2v) is 5.55. The van der Waals surface area contributed by atoms with Gasteiger partial charge in [0.05, 0.1) is 19.2 Å². The fourth-order valence-electron chi connectivity index (χ4n) is 1.91. The van der Waals surface area contributed by atoms with Crippen LogP contribution < -0.4 is 4.74 Å². The van der Waals surface area contributed by atoms with Crippen molar-refractivity contribution in [2.45, 2.75) is 18.6 Å². The number of amidine groups is 1. The van der Waals surface area contributed by atoms with Gasteiger partial charge in [0.25, 0.3) is 0 Å². The number of benzene rings is 1. The van der Waals surface area contributed by atoms with Crippen LogP contribution in [0.2, 0.25) is 0 Å². The molecule has 112 valence electrons. The minimum atomic E-state index is -0.994. The van der Waals surface area contributed by atoms with Crippen LogP contribution >= 0.6 is 11.8 Å². The monoisotopic (exact) mass is 308 g/mol. The molecule has 0 aliphatic carbocycles. The lowest BCUT2D eigenvalue weighted by Crippen LogP contribution is -2.43. The van der Waals surface area contributed by atoms with E-state index < -0.39 is 11.2 Å².